The van der Waals surface area contributed by atoms with Crippen LogP contribution in [0.2, 0.25) is 0 Å². The van der Waals surface area contributed by atoms with E-state index in [1.165, 1.54) is 5.57 Å². The molecule has 0 radical (unpaired) electrons. The average Bonchev–Trinajstić information content (AvgIpc) is 2.39. The maximum atomic E-state index is 9.34. The summed E-state index contributed by atoms with van der Waals surface area (Å²) in [7, 11) is 0. The van der Waals surface area contributed by atoms with E-state index in [0.29, 0.717) is 5.92 Å². The SMILES string of the molecule is CC1=CCC(COC(C)C(C)O)C1(C)C. The number of aliphatic hydroxyl groups is 1. The van der Waals surface area contributed by atoms with Crippen molar-refractivity contribution >= 4 is 0 Å². The van der Waals surface area contributed by atoms with Gasteiger partial charge in [-0.25, -0.2) is 0 Å². The lowest BCUT2D eigenvalue weighted by Crippen LogP contribution is -2.30. The van der Waals surface area contributed by atoms with Crippen molar-refractivity contribution in [3.8, 4) is 0 Å². The van der Waals surface area contributed by atoms with Crippen molar-refractivity contribution in [3.63, 3.8) is 0 Å². The molecule has 0 aromatic carbocycles. The van der Waals surface area contributed by atoms with Gasteiger partial charge in [-0.3, -0.25) is 0 Å². The summed E-state index contributed by atoms with van der Waals surface area (Å²) in [6.07, 6.45) is 2.96. The Bertz CT molecular complexity index is 241. The fourth-order valence-electron chi connectivity index (χ4n) is 1.88. The number of ether oxygens (including phenoxy) is 1. The highest BCUT2D eigenvalue weighted by molar-refractivity contribution is 5.18. The van der Waals surface area contributed by atoms with Gasteiger partial charge >= 0.3 is 0 Å². The van der Waals surface area contributed by atoms with E-state index >= 15 is 0 Å². The van der Waals surface area contributed by atoms with Gasteiger partial charge in [-0.1, -0.05) is 25.5 Å². The molecule has 0 saturated carbocycles. The van der Waals surface area contributed by atoms with Crippen LogP contribution in [-0.4, -0.2) is 23.9 Å². The van der Waals surface area contributed by atoms with Crippen LogP contribution in [0.3, 0.4) is 0 Å². The van der Waals surface area contributed by atoms with Crippen LogP contribution in [-0.2, 0) is 4.74 Å². The summed E-state index contributed by atoms with van der Waals surface area (Å²) in [4.78, 5) is 0. The van der Waals surface area contributed by atoms with Crippen LogP contribution in [0, 0.1) is 11.3 Å². The van der Waals surface area contributed by atoms with Gasteiger partial charge in [0.2, 0.25) is 0 Å². The van der Waals surface area contributed by atoms with Crippen molar-refractivity contribution in [1.82, 2.24) is 0 Å². The number of hydrogen-bond acceptors (Lipinski definition) is 2. The number of aliphatic hydroxyl groups excluding tert-OH is 1. The third-order valence-electron chi connectivity index (χ3n) is 3.99. The second-order valence-corrected chi connectivity index (χ2v) is 5.32. The van der Waals surface area contributed by atoms with Crippen LogP contribution in [0.5, 0.6) is 0 Å². The van der Waals surface area contributed by atoms with Crippen LogP contribution in [0.4, 0.5) is 0 Å². The molecule has 0 saturated heterocycles. The normalized spacial score (nSPS) is 28.7. The largest absolute Gasteiger partial charge is 0.391 e. The van der Waals surface area contributed by atoms with Crippen molar-refractivity contribution in [1.29, 1.82) is 0 Å². The van der Waals surface area contributed by atoms with Crippen molar-refractivity contribution in [3.05, 3.63) is 11.6 Å². The van der Waals surface area contributed by atoms with E-state index in [9.17, 15) is 5.11 Å². The Kier molecular flexibility index (Phi) is 3.96. The monoisotopic (exact) mass is 212 g/mol. The summed E-state index contributed by atoms with van der Waals surface area (Å²) in [6.45, 7) is 11.2. The molecular weight excluding hydrogens is 188 g/mol. The summed E-state index contributed by atoms with van der Waals surface area (Å²) in [6, 6.07) is 0. The van der Waals surface area contributed by atoms with Gasteiger partial charge in [0.15, 0.2) is 0 Å². The van der Waals surface area contributed by atoms with Gasteiger partial charge < -0.3 is 9.84 Å². The van der Waals surface area contributed by atoms with Gasteiger partial charge in [0, 0.05) is 0 Å². The lowest BCUT2D eigenvalue weighted by Gasteiger charge is -2.30. The molecule has 3 unspecified atom stereocenters. The molecule has 0 fully saturated rings. The summed E-state index contributed by atoms with van der Waals surface area (Å²) in [5, 5.41) is 9.34. The zero-order valence-corrected chi connectivity index (χ0v) is 10.6. The first-order valence-corrected chi connectivity index (χ1v) is 5.82. The molecular formula is C13H24O2. The molecule has 0 spiro atoms. The molecule has 1 aliphatic rings. The zero-order valence-electron chi connectivity index (χ0n) is 10.6. The number of allylic oxidation sites excluding steroid dienone is 2. The molecule has 88 valence electrons. The average molecular weight is 212 g/mol. The quantitative estimate of drug-likeness (QED) is 0.726. The van der Waals surface area contributed by atoms with Crippen molar-refractivity contribution in [2.75, 3.05) is 6.61 Å². The van der Waals surface area contributed by atoms with Crippen LogP contribution < -0.4 is 0 Å². The molecule has 0 amide bonds. The summed E-state index contributed by atoms with van der Waals surface area (Å²) in [5.74, 6) is 0.554. The molecule has 0 bridgehead atoms. The first kappa shape index (κ1) is 12.7. The Morgan fingerprint density at radius 3 is 2.53 bits per heavy atom. The number of hydrogen-bond donors (Lipinski definition) is 1. The molecule has 1 rings (SSSR count). The third-order valence-corrected chi connectivity index (χ3v) is 3.99. The van der Waals surface area contributed by atoms with E-state index in [-0.39, 0.29) is 17.6 Å². The number of rotatable bonds is 4. The van der Waals surface area contributed by atoms with Crippen LogP contribution in [0.15, 0.2) is 11.6 Å². The van der Waals surface area contributed by atoms with Gasteiger partial charge in [0.05, 0.1) is 18.8 Å². The Labute approximate surface area is 93.3 Å². The minimum absolute atomic E-state index is 0.0679. The molecule has 1 N–H and O–H groups in total. The first-order chi connectivity index (χ1) is 6.85. The minimum Gasteiger partial charge on any atom is -0.391 e. The standard InChI is InChI=1S/C13H24O2/c1-9-6-7-12(13(9,4)5)8-15-11(3)10(2)14/h6,10-12,14H,7-8H2,1-5H3. The smallest absolute Gasteiger partial charge is 0.0803 e. The molecule has 15 heavy (non-hydrogen) atoms. The Morgan fingerprint density at radius 2 is 2.13 bits per heavy atom. The van der Waals surface area contributed by atoms with Gasteiger partial charge in [-0.15, -0.1) is 0 Å². The second kappa shape index (κ2) is 4.67. The van der Waals surface area contributed by atoms with Crippen molar-refractivity contribution in [2.24, 2.45) is 11.3 Å². The Morgan fingerprint density at radius 1 is 1.53 bits per heavy atom. The van der Waals surface area contributed by atoms with Crippen LogP contribution >= 0.6 is 0 Å². The maximum Gasteiger partial charge on any atom is 0.0803 e. The lowest BCUT2D eigenvalue weighted by molar-refractivity contribution is -0.0416. The van der Waals surface area contributed by atoms with E-state index in [1.807, 2.05) is 6.92 Å². The molecule has 2 heteroatoms. The maximum absolute atomic E-state index is 9.34. The Hall–Kier alpha value is -0.340. The summed E-state index contributed by atoms with van der Waals surface area (Å²) < 4.78 is 5.69. The van der Waals surface area contributed by atoms with Crippen molar-refractivity contribution in [2.45, 2.75) is 53.2 Å². The fourth-order valence-corrected chi connectivity index (χ4v) is 1.88. The van der Waals surface area contributed by atoms with Gasteiger partial charge in [-0.2, -0.15) is 0 Å². The van der Waals surface area contributed by atoms with Gasteiger partial charge in [0.1, 0.15) is 0 Å². The summed E-state index contributed by atoms with van der Waals surface area (Å²) in [5.41, 5.74) is 1.71. The lowest BCUT2D eigenvalue weighted by atomic mass is 9.78. The third kappa shape index (κ3) is 2.82. The molecule has 0 aliphatic heterocycles. The molecule has 0 heterocycles. The predicted octanol–water partition coefficient (Wildman–Crippen LogP) is 2.76. The molecule has 3 atom stereocenters. The van der Waals surface area contributed by atoms with E-state index in [2.05, 4.69) is 26.8 Å². The minimum atomic E-state index is -0.386. The molecule has 0 aromatic heterocycles. The van der Waals surface area contributed by atoms with E-state index in [4.69, 9.17) is 4.74 Å². The Balaban J connectivity index is 2.42. The summed E-state index contributed by atoms with van der Waals surface area (Å²) >= 11 is 0. The van der Waals surface area contributed by atoms with E-state index in [0.717, 1.165) is 13.0 Å². The highest BCUT2D eigenvalue weighted by Crippen LogP contribution is 2.43. The van der Waals surface area contributed by atoms with E-state index in [1.54, 1.807) is 6.92 Å². The van der Waals surface area contributed by atoms with Crippen LogP contribution in [0.1, 0.15) is 41.0 Å². The van der Waals surface area contributed by atoms with Crippen molar-refractivity contribution < 1.29 is 9.84 Å². The highest BCUT2D eigenvalue weighted by atomic mass is 16.5. The zero-order chi connectivity index (χ0) is 11.6. The predicted molar refractivity (Wildman–Crippen MR) is 62.7 cm³/mol. The van der Waals surface area contributed by atoms with Gasteiger partial charge in [-0.05, 0) is 38.5 Å². The molecule has 0 aromatic rings. The fraction of sp³-hybridized carbons (Fsp3) is 0.846. The topological polar surface area (TPSA) is 29.5 Å². The molecule has 2 nitrogen and oxygen atoms in total. The van der Waals surface area contributed by atoms with Gasteiger partial charge in [0.25, 0.3) is 0 Å². The highest BCUT2D eigenvalue weighted by Gasteiger charge is 2.35. The van der Waals surface area contributed by atoms with Crippen LogP contribution in [0.25, 0.3) is 0 Å². The first-order valence-electron chi connectivity index (χ1n) is 5.82. The van der Waals surface area contributed by atoms with E-state index < -0.39 is 0 Å². The molecule has 1 aliphatic carbocycles. The second-order valence-electron chi connectivity index (χ2n) is 5.32.